The van der Waals surface area contributed by atoms with Crippen molar-refractivity contribution >= 4 is 23.5 Å². The minimum atomic E-state index is -0.624. The molecule has 5 rings (SSSR count). The number of aliphatic hydroxyl groups is 1. The SMILES string of the molecule is COC(=O)c1cc(-c2cccc(COc3ccc4c(c3)CN(C3CC=CC3O)C4=O)c2)ccc1Cl. The average Bonchev–Trinajstić information content (AvgIpc) is 3.44. The normalized spacial score (nSPS) is 18.6. The molecule has 0 spiro atoms. The Balaban J connectivity index is 1.29. The maximum Gasteiger partial charge on any atom is 0.339 e. The van der Waals surface area contributed by atoms with Gasteiger partial charge in [0.25, 0.3) is 5.91 Å². The lowest BCUT2D eigenvalue weighted by Crippen LogP contribution is -2.40. The molecule has 0 fully saturated rings. The summed E-state index contributed by atoms with van der Waals surface area (Å²) in [5.41, 5.74) is 4.59. The summed E-state index contributed by atoms with van der Waals surface area (Å²) in [5, 5.41) is 10.5. The van der Waals surface area contributed by atoms with E-state index in [0.717, 1.165) is 22.3 Å². The number of carbonyl (C=O) groups is 2. The van der Waals surface area contributed by atoms with Crippen LogP contribution in [0.3, 0.4) is 0 Å². The van der Waals surface area contributed by atoms with Crippen LogP contribution < -0.4 is 4.74 Å². The molecule has 2 unspecified atom stereocenters. The molecule has 0 saturated carbocycles. The van der Waals surface area contributed by atoms with E-state index in [-0.39, 0.29) is 11.9 Å². The van der Waals surface area contributed by atoms with Crippen molar-refractivity contribution in [2.45, 2.75) is 31.7 Å². The van der Waals surface area contributed by atoms with Crippen LogP contribution in [0.25, 0.3) is 11.1 Å². The quantitative estimate of drug-likeness (QED) is 0.389. The number of amides is 1. The zero-order valence-corrected chi connectivity index (χ0v) is 19.9. The molecule has 0 saturated heterocycles. The van der Waals surface area contributed by atoms with E-state index < -0.39 is 12.1 Å². The summed E-state index contributed by atoms with van der Waals surface area (Å²) in [6, 6.07) is 18.4. The smallest absolute Gasteiger partial charge is 0.339 e. The molecule has 0 aromatic heterocycles. The Hall–Kier alpha value is -3.61. The second-order valence-electron chi connectivity index (χ2n) is 8.65. The van der Waals surface area contributed by atoms with Gasteiger partial charge >= 0.3 is 5.97 Å². The highest BCUT2D eigenvalue weighted by molar-refractivity contribution is 6.33. The lowest BCUT2D eigenvalue weighted by atomic mass is 10.0. The number of methoxy groups -OCH3 is 1. The maximum absolute atomic E-state index is 12.8. The lowest BCUT2D eigenvalue weighted by Gasteiger charge is -2.26. The number of nitrogens with zero attached hydrogens (tertiary/aromatic N) is 1. The summed E-state index contributed by atoms with van der Waals surface area (Å²) < 4.78 is 10.9. The lowest BCUT2D eigenvalue weighted by molar-refractivity contribution is 0.0538. The number of hydrogen-bond donors (Lipinski definition) is 1. The van der Waals surface area contributed by atoms with Crippen molar-refractivity contribution in [2.75, 3.05) is 7.11 Å². The van der Waals surface area contributed by atoms with Gasteiger partial charge < -0.3 is 19.5 Å². The van der Waals surface area contributed by atoms with Gasteiger partial charge in [0.05, 0.1) is 29.8 Å². The van der Waals surface area contributed by atoms with Crippen LogP contribution in [0.5, 0.6) is 5.75 Å². The number of carbonyl (C=O) groups excluding carboxylic acids is 2. The first-order chi connectivity index (χ1) is 16.9. The number of ether oxygens (including phenoxy) is 2. The monoisotopic (exact) mass is 489 g/mol. The molecule has 7 heteroatoms. The van der Waals surface area contributed by atoms with Crippen LogP contribution >= 0.6 is 11.6 Å². The van der Waals surface area contributed by atoms with E-state index in [2.05, 4.69) is 0 Å². The fourth-order valence-corrected chi connectivity index (χ4v) is 4.79. The first kappa shape index (κ1) is 23.1. The molecule has 2 aliphatic rings. The molecule has 35 heavy (non-hydrogen) atoms. The first-order valence-corrected chi connectivity index (χ1v) is 11.7. The predicted octanol–water partition coefficient (Wildman–Crippen LogP) is 5.02. The van der Waals surface area contributed by atoms with Crippen molar-refractivity contribution in [3.8, 4) is 16.9 Å². The highest BCUT2D eigenvalue weighted by Gasteiger charge is 2.36. The molecule has 1 N–H and O–H groups in total. The minimum Gasteiger partial charge on any atom is -0.489 e. The van der Waals surface area contributed by atoms with Crippen molar-refractivity contribution in [1.82, 2.24) is 4.90 Å². The summed E-state index contributed by atoms with van der Waals surface area (Å²) in [4.78, 5) is 26.5. The zero-order chi connectivity index (χ0) is 24.5. The Bertz CT molecular complexity index is 1330. The van der Waals surface area contributed by atoms with Gasteiger partial charge in [-0.2, -0.15) is 0 Å². The van der Waals surface area contributed by atoms with Gasteiger partial charge in [0.15, 0.2) is 0 Å². The molecular weight excluding hydrogens is 466 g/mol. The van der Waals surface area contributed by atoms with E-state index in [0.29, 0.717) is 41.5 Å². The molecule has 1 aliphatic carbocycles. The second kappa shape index (κ2) is 9.56. The summed E-state index contributed by atoms with van der Waals surface area (Å²) >= 11 is 6.15. The standard InChI is InChI=1S/C28H24ClNO5/c1-34-28(33)23-14-19(8-11-24(23)29)18-5-2-4-17(12-18)16-35-21-9-10-22-20(13-21)15-30(27(22)32)25-6-3-7-26(25)31/h2-5,7-14,25-26,31H,6,15-16H2,1H3. The minimum absolute atomic E-state index is 0.0544. The number of benzene rings is 3. The molecule has 3 aromatic rings. The number of fused-ring (bicyclic) bond motifs is 1. The molecule has 2 atom stereocenters. The van der Waals surface area contributed by atoms with Gasteiger partial charge in [-0.05, 0) is 65.1 Å². The first-order valence-electron chi connectivity index (χ1n) is 11.3. The molecular formula is C28H24ClNO5. The number of hydrogen-bond acceptors (Lipinski definition) is 5. The van der Waals surface area contributed by atoms with Gasteiger partial charge in [-0.25, -0.2) is 4.79 Å². The maximum atomic E-state index is 12.8. The van der Waals surface area contributed by atoms with Gasteiger partial charge in [0.1, 0.15) is 12.4 Å². The van der Waals surface area contributed by atoms with Gasteiger partial charge in [-0.3, -0.25) is 4.79 Å². The second-order valence-corrected chi connectivity index (χ2v) is 9.06. The third-order valence-corrected chi connectivity index (χ3v) is 6.78. The summed E-state index contributed by atoms with van der Waals surface area (Å²) in [6.07, 6.45) is 3.69. The molecule has 178 valence electrons. The Morgan fingerprint density at radius 1 is 1.11 bits per heavy atom. The highest BCUT2D eigenvalue weighted by atomic mass is 35.5. The molecule has 6 nitrogen and oxygen atoms in total. The fourth-order valence-electron chi connectivity index (χ4n) is 4.59. The molecule has 3 aromatic carbocycles. The number of rotatable bonds is 6. The van der Waals surface area contributed by atoms with Gasteiger partial charge in [0, 0.05) is 12.1 Å². The van der Waals surface area contributed by atoms with E-state index in [4.69, 9.17) is 21.1 Å². The predicted molar refractivity (Wildman–Crippen MR) is 132 cm³/mol. The van der Waals surface area contributed by atoms with E-state index >= 15 is 0 Å². The topological polar surface area (TPSA) is 76.1 Å². The third kappa shape index (κ3) is 4.55. The third-order valence-electron chi connectivity index (χ3n) is 6.45. The van der Waals surface area contributed by atoms with Crippen LogP contribution in [-0.2, 0) is 17.9 Å². The van der Waals surface area contributed by atoms with Gasteiger partial charge in [0.2, 0.25) is 0 Å². The number of esters is 1. The Morgan fingerprint density at radius 3 is 2.71 bits per heavy atom. The largest absolute Gasteiger partial charge is 0.489 e. The summed E-state index contributed by atoms with van der Waals surface area (Å²) in [6.45, 7) is 0.802. The Morgan fingerprint density at radius 2 is 1.94 bits per heavy atom. The van der Waals surface area contributed by atoms with Crippen LogP contribution in [0, 0.1) is 0 Å². The summed E-state index contributed by atoms with van der Waals surface area (Å²) in [7, 11) is 1.32. The molecule has 0 radical (unpaired) electrons. The van der Waals surface area contributed by atoms with Crippen LogP contribution in [0.15, 0.2) is 72.8 Å². The Kier molecular flexibility index (Phi) is 6.32. The van der Waals surface area contributed by atoms with E-state index in [1.807, 2.05) is 42.5 Å². The molecule has 1 amide bonds. The summed E-state index contributed by atoms with van der Waals surface area (Å²) in [5.74, 6) is 0.137. The van der Waals surface area contributed by atoms with Crippen molar-refractivity contribution in [2.24, 2.45) is 0 Å². The van der Waals surface area contributed by atoms with Crippen LogP contribution in [0.1, 0.15) is 38.3 Å². The van der Waals surface area contributed by atoms with Crippen LogP contribution in [0.4, 0.5) is 0 Å². The zero-order valence-electron chi connectivity index (χ0n) is 19.1. The molecule has 0 bridgehead atoms. The van der Waals surface area contributed by atoms with Crippen molar-refractivity contribution in [3.63, 3.8) is 0 Å². The Labute approximate surface area is 208 Å². The number of halogens is 1. The average molecular weight is 490 g/mol. The van der Waals surface area contributed by atoms with Crippen molar-refractivity contribution in [3.05, 3.63) is 100 Å². The fraction of sp³-hybridized carbons (Fsp3) is 0.214. The van der Waals surface area contributed by atoms with E-state index in [1.165, 1.54) is 7.11 Å². The van der Waals surface area contributed by atoms with Gasteiger partial charge in [-0.1, -0.05) is 48.0 Å². The molecule has 1 heterocycles. The number of aliphatic hydroxyl groups excluding tert-OH is 1. The highest BCUT2D eigenvalue weighted by Crippen LogP contribution is 2.32. The van der Waals surface area contributed by atoms with Crippen LogP contribution in [-0.4, -0.2) is 41.1 Å². The van der Waals surface area contributed by atoms with E-state index in [1.54, 1.807) is 35.2 Å². The van der Waals surface area contributed by atoms with Crippen LogP contribution in [0.2, 0.25) is 5.02 Å². The van der Waals surface area contributed by atoms with Gasteiger partial charge in [-0.15, -0.1) is 0 Å². The van der Waals surface area contributed by atoms with E-state index in [9.17, 15) is 14.7 Å². The molecule has 1 aliphatic heterocycles. The van der Waals surface area contributed by atoms with Crippen molar-refractivity contribution in [1.29, 1.82) is 0 Å². The van der Waals surface area contributed by atoms with Crippen molar-refractivity contribution < 1.29 is 24.2 Å².